The maximum Gasteiger partial charge on any atom is 0.323 e. The summed E-state index contributed by atoms with van der Waals surface area (Å²) in [6.07, 6.45) is 2.62. The van der Waals surface area contributed by atoms with Crippen LogP contribution < -0.4 is 10.6 Å². The SMILES string of the molecule is CC(C)(C)c1cc(-c2ccc(NC(=O)Nc3cccc(Cc4ccccc4)c3)cc2)c2cn[nH]c2n1. The van der Waals surface area contributed by atoms with Gasteiger partial charge in [-0.15, -0.1) is 0 Å². The number of urea groups is 1. The van der Waals surface area contributed by atoms with Crippen molar-refractivity contribution in [2.24, 2.45) is 0 Å². The molecule has 36 heavy (non-hydrogen) atoms. The number of benzene rings is 3. The van der Waals surface area contributed by atoms with Crippen LogP contribution in [0.2, 0.25) is 0 Å². The average Bonchev–Trinajstić information content (AvgIpc) is 3.33. The average molecular weight is 476 g/mol. The van der Waals surface area contributed by atoms with Crippen molar-refractivity contribution in [2.75, 3.05) is 10.6 Å². The summed E-state index contributed by atoms with van der Waals surface area (Å²) < 4.78 is 0. The number of nitrogens with zero attached hydrogens (tertiary/aromatic N) is 2. The van der Waals surface area contributed by atoms with Gasteiger partial charge in [-0.2, -0.15) is 5.10 Å². The molecule has 0 spiro atoms. The highest BCUT2D eigenvalue weighted by molar-refractivity contribution is 6.00. The van der Waals surface area contributed by atoms with Crippen LogP contribution in [0.5, 0.6) is 0 Å². The number of anilines is 2. The third kappa shape index (κ3) is 5.28. The molecule has 0 unspecified atom stereocenters. The first-order chi connectivity index (χ1) is 17.3. The minimum atomic E-state index is -0.282. The highest BCUT2D eigenvalue weighted by atomic mass is 16.2. The molecule has 0 saturated carbocycles. The van der Waals surface area contributed by atoms with Crippen LogP contribution in [0.1, 0.15) is 37.6 Å². The molecule has 6 nitrogen and oxygen atoms in total. The first kappa shape index (κ1) is 23.3. The summed E-state index contributed by atoms with van der Waals surface area (Å²) in [5.41, 5.74) is 7.61. The summed E-state index contributed by atoms with van der Waals surface area (Å²) >= 11 is 0. The molecular formula is C30H29N5O. The fraction of sp³-hybridized carbons (Fsp3) is 0.167. The number of aromatic nitrogens is 3. The van der Waals surface area contributed by atoms with Crippen LogP contribution in [0.4, 0.5) is 16.2 Å². The molecule has 2 aromatic heterocycles. The predicted octanol–water partition coefficient (Wildman–Crippen LogP) is 7.16. The maximum absolute atomic E-state index is 12.7. The van der Waals surface area contributed by atoms with Crippen LogP contribution >= 0.6 is 0 Å². The maximum atomic E-state index is 12.7. The van der Waals surface area contributed by atoms with Gasteiger partial charge in [0.25, 0.3) is 0 Å². The molecule has 5 aromatic rings. The van der Waals surface area contributed by atoms with E-state index in [1.807, 2.05) is 60.7 Å². The molecule has 0 saturated heterocycles. The quantitative estimate of drug-likeness (QED) is 0.252. The number of H-pyrrole nitrogens is 1. The Morgan fingerprint density at radius 3 is 2.31 bits per heavy atom. The molecule has 0 aliphatic carbocycles. The Morgan fingerprint density at radius 1 is 0.833 bits per heavy atom. The third-order valence-corrected chi connectivity index (χ3v) is 6.08. The lowest BCUT2D eigenvalue weighted by atomic mass is 9.89. The summed E-state index contributed by atoms with van der Waals surface area (Å²) in [5.74, 6) is 0. The van der Waals surface area contributed by atoms with Gasteiger partial charge < -0.3 is 10.6 Å². The zero-order chi connectivity index (χ0) is 25.1. The molecule has 0 aliphatic rings. The normalized spacial score (nSPS) is 11.4. The number of hydrogen-bond acceptors (Lipinski definition) is 3. The minimum absolute atomic E-state index is 0.0912. The number of nitrogens with one attached hydrogen (secondary N) is 3. The van der Waals surface area contributed by atoms with E-state index < -0.39 is 0 Å². The first-order valence-electron chi connectivity index (χ1n) is 12.0. The lowest BCUT2D eigenvalue weighted by Gasteiger charge is -2.19. The van der Waals surface area contributed by atoms with E-state index in [0.29, 0.717) is 5.69 Å². The van der Waals surface area contributed by atoms with E-state index in [1.54, 1.807) is 6.20 Å². The van der Waals surface area contributed by atoms with E-state index in [0.717, 1.165) is 45.5 Å². The molecule has 0 atom stereocenters. The van der Waals surface area contributed by atoms with Gasteiger partial charge in [0.1, 0.15) is 0 Å². The zero-order valence-corrected chi connectivity index (χ0v) is 20.7. The summed E-state index contributed by atoms with van der Waals surface area (Å²) in [7, 11) is 0. The number of fused-ring (bicyclic) bond motifs is 1. The van der Waals surface area contributed by atoms with Crippen LogP contribution in [0, 0.1) is 0 Å². The predicted molar refractivity (Wildman–Crippen MR) is 146 cm³/mol. The highest BCUT2D eigenvalue weighted by Crippen LogP contribution is 2.32. The van der Waals surface area contributed by atoms with Gasteiger partial charge in [0.2, 0.25) is 0 Å². The van der Waals surface area contributed by atoms with E-state index in [2.05, 4.69) is 65.9 Å². The van der Waals surface area contributed by atoms with Gasteiger partial charge in [-0.1, -0.05) is 75.4 Å². The Balaban J connectivity index is 1.29. The number of rotatable bonds is 5. The summed E-state index contributed by atoms with van der Waals surface area (Å²) in [4.78, 5) is 17.4. The lowest BCUT2D eigenvalue weighted by molar-refractivity contribution is 0.262. The number of hydrogen-bond donors (Lipinski definition) is 3. The zero-order valence-electron chi connectivity index (χ0n) is 20.7. The second-order valence-electron chi connectivity index (χ2n) is 9.96. The molecule has 6 heteroatoms. The molecule has 3 aromatic carbocycles. The van der Waals surface area contributed by atoms with Gasteiger partial charge in [-0.25, -0.2) is 9.78 Å². The summed E-state index contributed by atoms with van der Waals surface area (Å²) in [6.45, 7) is 6.43. The van der Waals surface area contributed by atoms with Crippen LogP contribution in [0.25, 0.3) is 22.2 Å². The number of amides is 2. The Kier molecular flexibility index (Phi) is 6.25. The van der Waals surface area contributed by atoms with Crippen LogP contribution in [-0.4, -0.2) is 21.2 Å². The number of carbonyl (C=O) groups is 1. The molecule has 5 rings (SSSR count). The lowest BCUT2D eigenvalue weighted by Crippen LogP contribution is -2.19. The van der Waals surface area contributed by atoms with E-state index in [9.17, 15) is 4.79 Å². The van der Waals surface area contributed by atoms with Crippen molar-refractivity contribution in [1.82, 2.24) is 15.2 Å². The minimum Gasteiger partial charge on any atom is -0.308 e. The van der Waals surface area contributed by atoms with E-state index in [4.69, 9.17) is 4.98 Å². The van der Waals surface area contributed by atoms with Crippen LogP contribution in [-0.2, 0) is 11.8 Å². The first-order valence-corrected chi connectivity index (χ1v) is 12.0. The Bertz CT molecular complexity index is 1500. The molecular weight excluding hydrogens is 446 g/mol. The molecule has 0 fully saturated rings. The Morgan fingerprint density at radius 2 is 1.56 bits per heavy atom. The van der Waals surface area contributed by atoms with E-state index >= 15 is 0 Å². The topological polar surface area (TPSA) is 82.7 Å². The van der Waals surface area contributed by atoms with Gasteiger partial charge in [-0.3, -0.25) is 5.10 Å². The fourth-order valence-electron chi connectivity index (χ4n) is 4.17. The van der Waals surface area contributed by atoms with Gasteiger partial charge in [0.15, 0.2) is 5.65 Å². The Hall–Kier alpha value is -4.45. The molecule has 180 valence electrons. The molecule has 0 bridgehead atoms. The van der Waals surface area contributed by atoms with Gasteiger partial charge >= 0.3 is 6.03 Å². The van der Waals surface area contributed by atoms with E-state index in [1.165, 1.54) is 5.56 Å². The number of aromatic amines is 1. The standard InChI is InChI=1S/C30H29N5O/c1-30(2,3)27-18-25(26-19-31-35-28(26)34-27)22-12-14-23(15-13-22)32-29(36)33-24-11-7-10-21(17-24)16-20-8-5-4-6-9-20/h4-15,17-19H,16H2,1-3H3,(H,31,34,35)(H2,32,33,36). The van der Waals surface area contributed by atoms with Crippen molar-refractivity contribution in [3.05, 3.63) is 108 Å². The molecule has 0 radical (unpaired) electrons. The van der Waals surface area contributed by atoms with Crippen molar-refractivity contribution in [1.29, 1.82) is 0 Å². The monoisotopic (exact) mass is 475 g/mol. The van der Waals surface area contributed by atoms with Crippen molar-refractivity contribution in [3.63, 3.8) is 0 Å². The van der Waals surface area contributed by atoms with Crippen LogP contribution in [0.3, 0.4) is 0 Å². The highest BCUT2D eigenvalue weighted by Gasteiger charge is 2.19. The second-order valence-corrected chi connectivity index (χ2v) is 9.96. The van der Waals surface area contributed by atoms with Gasteiger partial charge in [-0.05, 0) is 59.0 Å². The Labute approximate surface area is 210 Å². The van der Waals surface area contributed by atoms with Crippen molar-refractivity contribution in [3.8, 4) is 11.1 Å². The summed E-state index contributed by atoms with van der Waals surface area (Å²) in [6, 6.07) is 27.9. The van der Waals surface area contributed by atoms with Gasteiger partial charge in [0.05, 0.1) is 6.20 Å². The van der Waals surface area contributed by atoms with Crippen LogP contribution in [0.15, 0.2) is 91.1 Å². The van der Waals surface area contributed by atoms with Gasteiger partial charge in [0, 0.05) is 27.9 Å². The number of carbonyl (C=O) groups excluding carboxylic acids is 1. The van der Waals surface area contributed by atoms with Crippen molar-refractivity contribution in [2.45, 2.75) is 32.6 Å². The molecule has 3 N–H and O–H groups in total. The second kappa shape index (κ2) is 9.66. The molecule has 0 aliphatic heterocycles. The fourth-order valence-corrected chi connectivity index (χ4v) is 4.17. The third-order valence-electron chi connectivity index (χ3n) is 6.08. The van der Waals surface area contributed by atoms with Crippen molar-refractivity contribution < 1.29 is 4.79 Å². The number of pyridine rings is 1. The van der Waals surface area contributed by atoms with E-state index in [-0.39, 0.29) is 11.4 Å². The largest absolute Gasteiger partial charge is 0.323 e. The smallest absolute Gasteiger partial charge is 0.308 e. The summed E-state index contributed by atoms with van der Waals surface area (Å²) in [5, 5.41) is 14.0. The van der Waals surface area contributed by atoms with Crippen molar-refractivity contribution >= 4 is 28.4 Å². The molecule has 2 amide bonds. The molecule has 2 heterocycles.